The zero-order chi connectivity index (χ0) is 26.4. The molecule has 1 aromatic heterocycles. The molecule has 0 aliphatic carbocycles. The van der Waals surface area contributed by atoms with Gasteiger partial charge in [-0.2, -0.15) is 0 Å². The number of carbonyl (C=O) groups excluding carboxylic acids is 3. The number of aryl methyl sites for hydroxylation is 1. The van der Waals surface area contributed by atoms with E-state index in [0.717, 1.165) is 29.3 Å². The monoisotopic (exact) mass is 484 g/mol. The van der Waals surface area contributed by atoms with E-state index in [1.165, 1.54) is 0 Å². The smallest absolute Gasteiger partial charge is 0.318 e. The molecule has 1 unspecified atom stereocenters. The predicted molar refractivity (Wildman–Crippen MR) is 138 cm³/mol. The molecule has 0 spiro atoms. The summed E-state index contributed by atoms with van der Waals surface area (Å²) in [5.74, 6) is 0.823. The van der Waals surface area contributed by atoms with Gasteiger partial charge in [0.25, 0.3) is 0 Å². The number of nitrogens with one attached hydrogen (secondary N) is 3. The molecule has 0 fully saturated rings. The summed E-state index contributed by atoms with van der Waals surface area (Å²) in [6, 6.07) is 9.73. The van der Waals surface area contributed by atoms with Crippen molar-refractivity contribution in [3.8, 4) is 11.4 Å². The quantitative estimate of drug-likeness (QED) is 0.580. The van der Waals surface area contributed by atoms with Crippen molar-refractivity contribution in [3.63, 3.8) is 0 Å². The number of rotatable bonds is 4. The van der Waals surface area contributed by atoms with Crippen molar-refractivity contribution in [1.82, 2.24) is 30.4 Å². The molecular formula is C26H40N6O3. The second kappa shape index (κ2) is 11.4. The summed E-state index contributed by atoms with van der Waals surface area (Å²) < 4.78 is 2.24. The van der Waals surface area contributed by atoms with Crippen LogP contribution in [0.2, 0.25) is 0 Å². The highest BCUT2D eigenvalue weighted by Crippen LogP contribution is 2.26. The average Bonchev–Trinajstić information content (AvgIpc) is 3.12. The van der Waals surface area contributed by atoms with Crippen LogP contribution in [0.4, 0.5) is 4.79 Å². The fraction of sp³-hybridized carbons (Fsp3) is 0.538. The SMILES string of the molecule is CNC(=O)C(NC=O)C(C)(C)C.Cc1nc(-c2ccccc2)n2c1CN(C(=O)NC(C)(C)C)CC2. The van der Waals surface area contributed by atoms with Gasteiger partial charge >= 0.3 is 6.03 Å². The maximum atomic E-state index is 12.4. The molecule has 3 N–H and O–H groups in total. The van der Waals surface area contributed by atoms with Crippen LogP contribution in [0.3, 0.4) is 0 Å². The topological polar surface area (TPSA) is 108 Å². The molecule has 192 valence electrons. The zero-order valence-corrected chi connectivity index (χ0v) is 22.2. The molecule has 3 rings (SSSR count). The van der Waals surface area contributed by atoms with Crippen LogP contribution in [0.25, 0.3) is 11.4 Å². The number of hydrogen-bond acceptors (Lipinski definition) is 4. The minimum Gasteiger partial charge on any atom is -0.357 e. The summed E-state index contributed by atoms with van der Waals surface area (Å²) in [4.78, 5) is 40.4. The highest BCUT2D eigenvalue weighted by Gasteiger charge is 2.30. The number of imidazole rings is 1. The third-order valence-corrected chi connectivity index (χ3v) is 5.62. The van der Waals surface area contributed by atoms with Gasteiger partial charge in [0.15, 0.2) is 0 Å². The number of likely N-dealkylation sites (N-methyl/N-ethyl adjacent to an activating group) is 1. The predicted octanol–water partition coefficient (Wildman–Crippen LogP) is 3.08. The van der Waals surface area contributed by atoms with Crippen LogP contribution in [0, 0.1) is 12.3 Å². The van der Waals surface area contributed by atoms with Crippen LogP contribution >= 0.6 is 0 Å². The van der Waals surface area contributed by atoms with Gasteiger partial charge in [-0.1, -0.05) is 51.1 Å². The lowest BCUT2D eigenvalue weighted by Crippen LogP contribution is -2.50. The Hall–Kier alpha value is -3.36. The van der Waals surface area contributed by atoms with E-state index in [0.29, 0.717) is 19.5 Å². The molecule has 1 aliphatic heterocycles. The van der Waals surface area contributed by atoms with E-state index in [1.807, 2.05) is 71.6 Å². The van der Waals surface area contributed by atoms with Crippen LogP contribution in [0.1, 0.15) is 52.9 Å². The lowest BCUT2D eigenvalue weighted by Gasteiger charge is -2.32. The first kappa shape index (κ1) is 27.9. The third kappa shape index (κ3) is 7.56. The van der Waals surface area contributed by atoms with E-state index in [-0.39, 0.29) is 22.9 Å². The molecule has 1 atom stereocenters. The van der Waals surface area contributed by atoms with E-state index < -0.39 is 6.04 Å². The Morgan fingerprint density at radius 2 is 1.69 bits per heavy atom. The molecule has 0 saturated heterocycles. The van der Waals surface area contributed by atoms with Crippen LogP contribution in [-0.2, 0) is 22.7 Å². The van der Waals surface area contributed by atoms with Crippen LogP contribution < -0.4 is 16.0 Å². The van der Waals surface area contributed by atoms with Crippen molar-refractivity contribution in [2.75, 3.05) is 13.6 Å². The largest absolute Gasteiger partial charge is 0.357 e. The van der Waals surface area contributed by atoms with Crippen LogP contribution in [0.15, 0.2) is 30.3 Å². The van der Waals surface area contributed by atoms with Gasteiger partial charge in [0, 0.05) is 31.2 Å². The summed E-state index contributed by atoms with van der Waals surface area (Å²) in [5.41, 5.74) is 2.76. The van der Waals surface area contributed by atoms with Crippen LogP contribution in [0.5, 0.6) is 0 Å². The number of urea groups is 1. The Bertz CT molecular complexity index is 1020. The van der Waals surface area contributed by atoms with E-state index in [4.69, 9.17) is 4.98 Å². The maximum absolute atomic E-state index is 12.4. The van der Waals surface area contributed by atoms with Crippen molar-refractivity contribution in [3.05, 3.63) is 41.7 Å². The van der Waals surface area contributed by atoms with Crippen molar-refractivity contribution >= 4 is 18.3 Å². The molecule has 0 bridgehead atoms. The van der Waals surface area contributed by atoms with E-state index >= 15 is 0 Å². The van der Waals surface area contributed by atoms with Crippen molar-refractivity contribution in [2.24, 2.45) is 5.41 Å². The molecule has 1 aliphatic rings. The van der Waals surface area contributed by atoms with Gasteiger partial charge in [-0.25, -0.2) is 9.78 Å². The first-order valence-electron chi connectivity index (χ1n) is 11.9. The molecule has 9 heteroatoms. The maximum Gasteiger partial charge on any atom is 0.318 e. The molecule has 0 saturated carbocycles. The second-order valence-electron chi connectivity index (χ2n) is 10.8. The van der Waals surface area contributed by atoms with Gasteiger partial charge in [-0.3, -0.25) is 9.59 Å². The van der Waals surface area contributed by atoms with Gasteiger partial charge < -0.3 is 25.4 Å². The molecule has 4 amide bonds. The molecule has 9 nitrogen and oxygen atoms in total. The minimum absolute atomic E-state index is 0.00869. The number of amides is 4. The highest BCUT2D eigenvalue weighted by atomic mass is 16.2. The third-order valence-electron chi connectivity index (χ3n) is 5.62. The fourth-order valence-electron chi connectivity index (χ4n) is 3.84. The molecular weight excluding hydrogens is 444 g/mol. The van der Waals surface area contributed by atoms with Crippen molar-refractivity contribution < 1.29 is 14.4 Å². The van der Waals surface area contributed by atoms with Gasteiger partial charge in [0.05, 0.1) is 17.9 Å². The number of nitrogens with zero attached hydrogens (tertiary/aromatic N) is 3. The molecule has 0 radical (unpaired) electrons. The molecule has 35 heavy (non-hydrogen) atoms. The van der Waals surface area contributed by atoms with E-state index in [2.05, 4.69) is 32.7 Å². The number of hydrogen-bond donors (Lipinski definition) is 3. The Balaban J connectivity index is 0.000000307. The molecule has 2 aromatic rings. The Labute approximate surface area is 208 Å². The standard InChI is InChI=1S/C18H24N4O.C8H16N2O2/c1-13-15-12-21(17(23)20-18(2,3)4)10-11-22(15)16(19-13)14-8-6-5-7-9-14;1-8(2,3)6(10-5-11)7(12)9-4/h5-9H,10-12H2,1-4H3,(H,20,23);5-6H,1-4H3,(H,9,12)(H,10,11). The molecule has 1 aromatic carbocycles. The summed E-state index contributed by atoms with van der Waals surface area (Å²) in [7, 11) is 1.55. The number of fused-ring (bicyclic) bond motifs is 1. The fourth-order valence-corrected chi connectivity index (χ4v) is 3.84. The minimum atomic E-state index is -0.472. The number of benzene rings is 1. The first-order valence-corrected chi connectivity index (χ1v) is 11.9. The normalized spacial score (nSPS) is 14.1. The first-order chi connectivity index (χ1) is 16.3. The van der Waals surface area contributed by atoms with Gasteiger partial charge in [-0.05, 0) is 33.1 Å². The highest BCUT2D eigenvalue weighted by molar-refractivity contribution is 5.84. The average molecular weight is 485 g/mol. The molecule has 2 heterocycles. The van der Waals surface area contributed by atoms with Crippen molar-refractivity contribution in [1.29, 1.82) is 0 Å². The van der Waals surface area contributed by atoms with Crippen molar-refractivity contribution in [2.45, 2.75) is 73.1 Å². The lowest BCUT2D eigenvalue weighted by atomic mass is 9.86. The van der Waals surface area contributed by atoms with Crippen LogP contribution in [-0.4, -0.2) is 58.0 Å². The summed E-state index contributed by atoms with van der Waals surface area (Å²) in [5, 5.41) is 8.01. The van der Waals surface area contributed by atoms with E-state index in [9.17, 15) is 14.4 Å². The Kier molecular flexibility index (Phi) is 9.06. The second-order valence-corrected chi connectivity index (χ2v) is 10.8. The Morgan fingerprint density at radius 1 is 1.06 bits per heavy atom. The number of carbonyl (C=O) groups is 3. The summed E-state index contributed by atoms with van der Waals surface area (Å²) >= 11 is 0. The zero-order valence-electron chi connectivity index (χ0n) is 22.2. The van der Waals surface area contributed by atoms with Gasteiger partial charge in [0.1, 0.15) is 11.9 Å². The van der Waals surface area contributed by atoms with E-state index in [1.54, 1.807) is 7.05 Å². The summed E-state index contributed by atoms with van der Waals surface area (Å²) in [6.45, 7) is 15.8. The lowest BCUT2D eigenvalue weighted by molar-refractivity contribution is -0.127. The number of aromatic nitrogens is 2. The van der Waals surface area contributed by atoms with Gasteiger partial charge in [-0.15, -0.1) is 0 Å². The summed E-state index contributed by atoms with van der Waals surface area (Å²) in [6.07, 6.45) is 0.547. The van der Waals surface area contributed by atoms with Gasteiger partial charge in [0.2, 0.25) is 12.3 Å². The Morgan fingerprint density at radius 3 is 2.20 bits per heavy atom.